The van der Waals surface area contributed by atoms with Gasteiger partial charge in [0.15, 0.2) is 0 Å². The van der Waals surface area contributed by atoms with Crippen LogP contribution < -0.4 is 0 Å². The molecule has 0 aliphatic heterocycles. The summed E-state index contributed by atoms with van der Waals surface area (Å²) in [6, 6.07) is 13.8. The summed E-state index contributed by atoms with van der Waals surface area (Å²) in [5.74, 6) is 0.757. The molecule has 2 rings (SSSR count). The standard InChI is InChI=1S/C22H30N2O3/c1-3-9-21(25)23(14-4-2)18-22(26)24(17-20-12-8-16-27-20)15-13-19-10-6-5-7-11-19/h5-8,10-12,16H,3-4,9,13-15,17-18H2,1-2H3. The topological polar surface area (TPSA) is 53.8 Å². The lowest BCUT2D eigenvalue weighted by atomic mass is 10.1. The van der Waals surface area contributed by atoms with E-state index in [2.05, 4.69) is 12.1 Å². The molecular formula is C22H30N2O3. The van der Waals surface area contributed by atoms with Gasteiger partial charge in [0.2, 0.25) is 11.8 Å². The Labute approximate surface area is 162 Å². The summed E-state index contributed by atoms with van der Waals surface area (Å²) >= 11 is 0. The quantitative estimate of drug-likeness (QED) is 0.603. The van der Waals surface area contributed by atoms with Crippen molar-refractivity contribution in [1.82, 2.24) is 9.80 Å². The summed E-state index contributed by atoms with van der Waals surface area (Å²) in [7, 11) is 0. The Hall–Kier alpha value is -2.56. The van der Waals surface area contributed by atoms with Crippen molar-refractivity contribution in [1.29, 1.82) is 0 Å². The van der Waals surface area contributed by atoms with E-state index in [1.54, 1.807) is 16.1 Å². The lowest BCUT2D eigenvalue weighted by molar-refractivity contribution is -0.141. The van der Waals surface area contributed by atoms with Gasteiger partial charge in [-0.25, -0.2) is 0 Å². The molecule has 0 saturated heterocycles. The summed E-state index contributed by atoms with van der Waals surface area (Å²) in [5.41, 5.74) is 1.18. The molecule has 0 radical (unpaired) electrons. The molecule has 0 aliphatic carbocycles. The molecule has 1 aromatic carbocycles. The van der Waals surface area contributed by atoms with E-state index in [4.69, 9.17) is 4.42 Å². The first-order chi connectivity index (χ1) is 13.1. The Morgan fingerprint density at radius 1 is 0.889 bits per heavy atom. The zero-order valence-electron chi connectivity index (χ0n) is 16.4. The molecule has 5 nitrogen and oxygen atoms in total. The number of carbonyl (C=O) groups is 2. The van der Waals surface area contributed by atoms with Crippen molar-refractivity contribution in [2.45, 2.75) is 46.1 Å². The number of nitrogens with zero attached hydrogens (tertiary/aromatic N) is 2. The van der Waals surface area contributed by atoms with Crippen LogP contribution in [0.25, 0.3) is 0 Å². The first-order valence-corrected chi connectivity index (χ1v) is 9.75. The van der Waals surface area contributed by atoms with Crippen molar-refractivity contribution in [3.63, 3.8) is 0 Å². The highest BCUT2D eigenvalue weighted by atomic mass is 16.3. The van der Waals surface area contributed by atoms with Gasteiger partial charge >= 0.3 is 0 Å². The summed E-state index contributed by atoms with van der Waals surface area (Å²) in [6.45, 7) is 5.74. The van der Waals surface area contributed by atoms with Crippen LogP contribution in [-0.4, -0.2) is 41.2 Å². The highest BCUT2D eigenvalue weighted by Gasteiger charge is 2.21. The van der Waals surface area contributed by atoms with Crippen molar-refractivity contribution >= 4 is 11.8 Å². The smallest absolute Gasteiger partial charge is 0.242 e. The van der Waals surface area contributed by atoms with Crippen molar-refractivity contribution in [3.8, 4) is 0 Å². The minimum atomic E-state index is -0.0414. The van der Waals surface area contributed by atoms with Crippen LogP contribution in [0.3, 0.4) is 0 Å². The molecule has 0 N–H and O–H groups in total. The zero-order chi connectivity index (χ0) is 19.5. The van der Waals surface area contributed by atoms with Crippen LogP contribution in [0, 0.1) is 0 Å². The van der Waals surface area contributed by atoms with Crippen LogP contribution in [0.4, 0.5) is 0 Å². The van der Waals surface area contributed by atoms with Gasteiger partial charge in [0.25, 0.3) is 0 Å². The molecule has 2 amide bonds. The Bertz CT molecular complexity index is 683. The molecule has 2 aromatic rings. The van der Waals surface area contributed by atoms with Gasteiger partial charge in [0, 0.05) is 19.5 Å². The summed E-state index contributed by atoms with van der Waals surface area (Å²) in [6.07, 6.45) is 4.49. The normalized spacial score (nSPS) is 10.6. The number of amides is 2. The monoisotopic (exact) mass is 370 g/mol. The van der Waals surface area contributed by atoms with Crippen LogP contribution in [-0.2, 0) is 22.6 Å². The van der Waals surface area contributed by atoms with Crippen LogP contribution in [0.15, 0.2) is 53.1 Å². The molecule has 1 aromatic heterocycles. The van der Waals surface area contributed by atoms with E-state index in [-0.39, 0.29) is 18.4 Å². The van der Waals surface area contributed by atoms with Gasteiger partial charge in [-0.15, -0.1) is 0 Å². The van der Waals surface area contributed by atoms with Crippen molar-refractivity contribution < 1.29 is 14.0 Å². The summed E-state index contributed by atoms with van der Waals surface area (Å²) in [4.78, 5) is 28.8. The van der Waals surface area contributed by atoms with Gasteiger partial charge in [0.05, 0.1) is 19.4 Å². The SMILES string of the molecule is CCCC(=O)N(CCC)CC(=O)N(CCc1ccccc1)Cc1ccco1. The fourth-order valence-corrected chi connectivity index (χ4v) is 2.99. The van der Waals surface area contributed by atoms with Gasteiger partial charge in [-0.05, 0) is 37.0 Å². The number of benzene rings is 1. The maximum Gasteiger partial charge on any atom is 0.242 e. The number of furan rings is 1. The molecule has 0 unspecified atom stereocenters. The lowest BCUT2D eigenvalue weighted by Crippen LogP contribution is -2.43. The van der Waals surface area contributed by atoms with Crippen LogP contribution >= 0.6 is 0 Å². The zero-order valence-corrected chi connectivity index (χ0v) is 16.4. The number of carbonyl (C=O) groups excluding carboxylic acids is 2. The fraction of sp³-hybridized carbons (Fsp3) is 0.455. The fourth-order valence-electron chi connectivity index (χ4n) is 2.99. The van der Waals surface area contributed by atoms with Crippen molar-refractivity contribution in [2.24, 2.45) is 0 Å². The van der Waals surface area contributed by atoms with Gasteiger partial charge in [-0.3, -0.25) is 9.59 Å². The van der Waals surface area contributed by atoms with E-state index in [0.29, 0.717) is 26.1 Å². The van der Waals surface area contributed by atoms with E-state index >= 15 is 0 Å². The van der Waals surface area contributed by atoms with Crippen LogP contribution in [0.2, 0.25) is 0 Å². The minimum Gasteiger partial charge on any atom is -0.467 e. The average molecular weight is 370 g/mol. The van der Waals surface area contributed by atoms with E-state index in [1.807, 2.05) is 44.2 Å². The van der Waals surface area contributed by atoms with Gasteiger partial charge in [0.1, 0.15) is 5.76 Å². The Morgan fingerprint density at radius 2 is 1.67 bits per heavy atom. The molecule has 0 atom stereocenters. The Balaban J connectivity index is 2.05. The largest absolute Gasteiger partial charge is 0.467 e. The molecule has 0 bridgehead atoms. The molecule has 0 spiro atoms. The first-order valence-electron chi connectivity index (χ1n) is 9.75. The van der Waals surface area contributed by atoms with Crippen LogP contribution in [0.1, 0.15) is 44.4 Å². The third-order valence-electron chi connectivity index (χ3n) is 4.43. The van der Waals surface area contributed by atoms with Gasteiger partial charge in [-0.2, -0.15) is 0 Å². The lowest BCUT2D eigenvalue weighted by Gasteiger charge is -2.27. The first kappa shape index (κ1) is 20.7. The van der Waals surface area contributed by atoms with Crippen molar-refractivity contribution in [3.05, 3.63) is 60.1 Å². The predicted octanol–water partition coefficient (Wildman–Crippen LogP) is 3.89. The molecule has 0 fully saturated rings. The Kier molecular flexibility index (Phi) is 8.62. The number of hydrogen-bond acceptors (Lipinski definition) is 3. The third-order valence-corrected chi connectivity index (χ3v) is 4.43. The second-order valence-corrected chi connectivity index (χ2v) is 6.70. The summed E-state index contributed by atoms with van der Waals surface area (Å²) in [5, 5.41) is 0. The van der Waals surface area contributed by atoms with E-state index in [1.165, 1.54) is 5.56 Å². The highest BCUT2D eigenvalue weighted by molar-refractivity contribution is 5.84. The predicted molar refractivity (Wildman–Crippen MR) is 106 cm³/mol. The van der Waals surface area contributed by atoms with Crippen LogP contribution in [0.5, 0.6) is 0 Å². The number of hydrogen-bond donors (Lipinski definition) is 0. The molecule has 146 valence electrons. The molecular weight excluding hydrogens is 340 g/mol. The minimum absolute atomic E-state index is 0.0414. The maximum absolute atomic E-state index is 13.0. The molecule has 1 heterocycles. The molecule has 0 aliphatic rings. The second kappa shape index (κ2) is 11.2. The van der Waals surface area contributed by atoms with E-state index in [9.17, 15) is 9.59 Å². The van der Waals surface area contributed by atoms with E-state index in [0.717, 1.165) is 25.0 Å². The summed E-state index contributed by atoms with van der Waals surface area (Å²) < 4.78 is 5.43. The van der Waals surface area contributed by atoms with E-state index < -0.39 is 0 Å². The number of rotatable bonds is 11. The van der Waals surface area contributed by atoms with Gasteiger partial charge in [-0.1, -0.05) is 44.2 Å². The highest BCUT2D eigenvalue weighted by Crippen LogP contribution is 2.10. The third kappa shape index (κ3) is 6.93. The molecule has 5 heteroatoms. The molecule has 27 heavy (non-hydrogen) atoms. The Morgan fingerprint density at radius 3 is 2.30 bits per heavy atom. The maximum atomic E-state index is 13.0. The van der Waals surface area contributed by atoms with Crippen molar-refractivity contribution in [2.75, 3.05) is 19.6 Å². The molecule has 0 saturated carbocycles. The van der Waals surface area contributed by atoms with Gasteiger partial charge < -0.3 is 14.2 Å². The average Bonchev–Trinajstić information content (AvgIpc) is 3.19. The second-order valence-electron chi connectivity index (χ2n) is 6.70.